The predicted molar refractivity (Wildman–Crippen MR) is 221 cm³/mol. The van der Waals surface area contributed by atoms with Gasteiger partial charge in [-0.05, 0) is 51.4 Å². The Hall–Kier alpha value is -1.58. The average molecular weight is 782 g/mol. The fraction of sp³-hybridized carbons (Fsp3) is 0.795. The molecule has 314 valence electrons. The summed E-state index contributed by atoms with van der Waals surface area (Å²) < 4.78 is 40.0. The van der Waals surface area contributed by atoms with Gasteiger partial charge in [0, 0.05) is 13.0 Å². The highest BCUT2D eigenvalue weighted by Crippen LogP contribution is 2.38. The minimum Gasteiger partial charge on any atom is -0.756 e. The van der Waals surface area contributed by atoms with E-state index in [-0.39, 0.29) is 26.2 Å². The molecular weight excluding hydrogens is 701 g/mol. The number of hydrogen-bond donors (Lipinski definition) is 0. The molecule has 0 bridgehead atoms. The molecule has 1 aliphatic rings. The fourth-order valence-corrected chi connectivity index (χ4v) is 6.61. The minimum atomic E-state index is -4.54. The van der Waals surface area contributed by atoms with E-state index in [1.165, 1.54) is 77.0 Å². The summed E-state index contributed by atoms with van der Waals surface area (Å²) in [5, 5.41) is 0. The van der Waals surface area contributed by atoms with Crippen molar-refractivity contribution in [2.75, 3.05) is 54.1 Å². The van der Waals surface area contributed by atoms with Crippen molar-refractivity contribution in [3.63, 3.8) is 0 Å². The van der Waals surface area contributed by atoms with Crippen LogP contribution in [0.2, 0.25) is 0 Å². The maximum absolute atomic E-state index is 12.6. The van der Waals surface area contributed by atoms with Gasteiger partial charge < -0.3 is 32.6 Å². The molecule has 0 aromatic carbocycles. The second kappa shape index (κ2) is 33.5. The van der Waals surface area contributed by atoms with Crippen molar-refractivity contribution in [2.24, 2.45) is 0 Å². The number of hydrogen-bond acceptors (Lipinski definition) is 8. The first-order valence-electron chi connectivity index (χ1n) is 21.5. The van der Waals surface area contributed by atoms with Crippen LogP contribution in [0.5, 0.6) is 0 Å². The molecule has 0 N–H and O–H groups in total. The summed E-state index contributed by atoms with van der Waals surface area (Å²) in [6.45, 7) is 5.23. The van der Waals surface area contributed by atoms with Gasteiger partial charge in [-0.1, -0.05) is 146 Å². The number of phosphoric ester groups is 1. The van der Waals surface area contributed by atoms with Crippen molar-refractivity contribution < 1.29 is 42.0 Å². The SMILES string of the molecule is CCCCCCCCCCCCCCCCOCC(COP(=O)([O-])OCC[N+](C)(C)C)OC(=O)CCC/C=C\C/C=C\C/C=C\C/C=C\CC1OC1CC. The summed E-state index contributed by atoms with van der Waals surface area (Å²) in [6.07, 6.45) is 41.8. The zero-order valence-electron chi connectivity index (χ0n) is 35.1. The van der Waals surface area contributed by atoms with Gasteiger partial charge in [0.25, 0.3) is 7.82 Å². The van der Waals surface area contributed by atoms with Crippen LogP contribution in [0, 0.1) is 0 Å². The van der Waals surface area contributed by atoms with E-state index in [1.807, 2.05) is 21.1 Å². The van der Waals surface area contributed by atoms with E-state index >= 15 is 0 Å². The molecule has 0 saturated carbocycles. The van der Waals surface area contributed by atoms with Gasteiger partial charge in [-0.25, -0.2) is 0 Å². The molecule has 4 atom stereocenters. The Labute approximate surface area is 331 Å². The highest BCUT2D eigenvalue weighted by atomic mass is 31.2. The fourth-order valence-electron chi connectivity index (χ4n) is 5.88. The van der Waals surface area contributed by atoms with Crippen LogP contribution in [0.15, 0.2) is 48.6 Å². The topological polar surface area (TPSA) is 107 Å². The third-order valence-electron chi connectivity index (χ3n) is 9.37. The van der Waals surface area contributed by atoms with Crippen LogP contribution >= 0.6 is 7.82 Å². The molecule has 0 aromatic rings. The number of quaternary nitrogens is 1. The lowest BCUT2D eigenvalue weighted by molar-refractivity contribution is -0.870. The molecule has 0 aliphatic carbocycles. The van der Waals surface area contributed by atoms with Crippen LogP contribution in [0.1, 0.15) is 155 Å². The van der Waals surface area contributed by atoms with Crippen LogP contribution in [-0.2, 0) is 32.6 Å². The van der Waals surface area contributed by atoms with Gasteiger partial charge >= 0.3 is 5.97 Å². The van der Waals surface area contributed by atoms with Crippen LogP contribution in [0.4, 0.5) is 0 Å². The Morgan fingerprint density at radius 2 is 1.22 bits per heavy atom. The number of rotatable bonds is 38. The third-order valence-corrected chi connectivity index (χ3v) is 10.3. The molecular formula is C44H80NO8P. The van der Waals surface area contributed by atoms with Crippen molar-refractivity contribution in [3.05, 3.63) is 48.6 Å². The Bertz CT molecular complexity index is 1070. The summed E-state index contributed by atoms with van der Waals surface area (Å²) in [5.74, 6) is -0.392. The minimum absolute atomic E-state index is 0.0131. The Morgan fingerprint density at radius 3 is 1.76 bits per heavy atom. The third kappa shape index (κ3) is 33.7. The molecule has 0 aromatic heterocycles. The zero-order valence-corrected chi connectivity index (χ0v) is 36.0. The van der Waals surface area contributed by atoms with Gasteiger partial charge in [-0.3, -0.25) is 9.36 Å². The Kier molecular flexibility index (Phi) is 31.3. The zero-order chi connectivity index (χ0) is 39.6. The number of unbranched alkanes of at least 4 members (excludes halogenated alkanes) is 14. The highest BCUT2D eigenvalue weighted by molar-refractivity contribution is 7.45. The maximum atomic E-state index is 12.6. The van der Waals surface area contributed by atoms with Gasteiger partial charge in [0.2, 0.25) is 0 Å². The molecule has 1 rings (SSSR count). The molecule has 1 aliphatic heterocycles. The van der Waals surface area contributed by atoms with Crippen LogP contribution < -0.4 is 4.89 Å². The van der Waals surface area contributed by atoms with Gasteiger partial charge in [0.15, 0.2) is 0 Å². The van der Waals surface area contributed by atoms with Gasteiger partial charge in [-0.15, -0.1) is 0 Å². The molecule has 0 spiro atoms. The van der Waals surface area contributed by atoms with Crippen molar-refractivity contribution >= 4 is 13.8 Å². The van der Waals surface area contributed by atoms with Crippen LogP contribution in [0.3, 0.4) is 0 Å². The summed E-state index contributed by atoms with van der Waals surface area (Å²) in [4.78, 5) is 25.0. The number of phosphoric acid groups is 1. The number of epoxide rings is 1. The molecule has 9 nitrogen and oxygen atoms in total. The number of esters is 1. The Morgan fingerprint density at radius 1 is 0.685 bits per heavy atom. The smallest absolute Gasteiger partial charge is 0.306 e. The average Bonchev–Trinajstić information content (AvgIpc) is 3.89. The van der Waals surface area contributed by atoms with E-state index in [0.717, 1.165) is 51.4 Å². The van der Waals surface area contributed by atoms with E-state index in [4.69, 9.17) is 23.3 Å². The second-order valence-electron chi connectivity index (χ2n) is 15.7. The first-order chi connectivity index (χ1) is 26.1. The summed E-state index contributed by atoms with van der Waals surface area (Å²) in [5.41, 5.74) is 0. The lowest BCUT2D eigenvalue weighted by Crippen LogP contribution is -2.37. The van der Waals surface area contributed by atoms with E-state index in [9.17, 15) is 14.3 Å². The largest absolute Gasteiger partial charge is 0.756 e. The summed E-state index contributed by atoms with van der Waals surface area (Å²) in [7, 11) is 1.31. The standard InChI is InChI=1S/C44H80NO8P/c1-6-8-9-10-11-12-13-14-18-21-24-27-30-33-37-49-39-41(40-51-54(47,48)50-38-36-45(3,4)5)52-44(46)35-32-29-26-23-20-17-15-16-19-22-25-28-31-34-43-42(7-2)53-43/h15,17,19,22-23,26,28,31,41-43H,6-14,16,18,20-21,24-25,27,29-30,32-40H2,1-5H3/b17-15-,22-19-,26-23-,31-28-. The monoisotopic (exact) mass is 782 g/mol. The van der Waals surface area contributed by atoms with E-state index in [1.54, 1.807) is 0 Å². The van der Waals surface area contributed by atoms with Crippen molar-refractivity contribution in [2.45, 2.75) is 173 Å². The van der Waals surface area contributed by atoms with Crippen LogP contribution in [0.25, 0.3) is 0 Å². The molecule has 1 fully saturated rings. The number of nitrogens with zero attached hydrogens (tertiary/aromatic N) is 1. The van der Waals surface area contributed by atoms with E-state index in [0.29, 0.717) is 36.3 Å². The lowest BCUT2D eigenvalue weighted by atomic mass is 10.0. The first-order valence-corrected chi connectivity index (χ1v) is 23.0. The number of carbonyl (C=O) groups excluding carboxylic acids is 1. The van der Waals surface area contributed by atoms with Crippen molar-refractivity contribution in [1.82, 2.24) is 0 Å². The van der Waals surface area contributed by atoms with Crippen molar-refractivity contribution in [3.8, 4) is 0 Å². The number of likely N-dealkylation sites (N-methyl/N-ethyl adjacent to an activating group) is 1. The highest BCUT2D eigenvalue weighted by Gasteiger charge is 2.35. The molecule has 0 amide bonds. The molecule has 0 radical (unpaired) electrons. The molecule has 1 heterocycles. The Balaban J connectivity index is 2.26. The predicted octanol–water partition coefficient (Wildman–Crippen LogP) is 10.7. The molecule has 4 unspecified atom stereocenters. The molecule has 10 heteroatoms. The van der Waals surface area contributed by atoms with E-state index < -0.39 is 19.9 Å². The summed E-state index contributed by atoms with van der Waals surface area (Å²) in [6, 6.07) is 0. The second-order valence-corrected chi connectivity index (χ2v) is 17.1. The quantitative estimate of drug-likeness (QED) is 0.0152. The molecule has 1 saturated heterocycles. The van der Waals surface area contributed by atoms with Gasteiger partial charge in [0.1, 0.15) is 19.3 Å². The lowest BCUT2D eigenvalue weighted by Gasteiger charge is -2.28. The maximum Gasteiger partial charge on any atom is 0.306 e. The van der Waals surface area contributed by atoms with Gasteiger partial charge in [-0.2, -0.15) is 0 Å². The van der Waals surface area contributed by atoms with E-state index in [2.05, 4.69) is 62.5 Å². The normalized spacial score (nSPS) is 18.0. The molecule has 54 heavy (non-hydrogen) atoms. The first kappa shape index (κ1) is 50.4. The van der Waals surface area contributed by atoms with Gasteiger partial charge in [0.05, 0.1) is 46.6 Å². The number of allylic oxidation sites excluding steroid dienone is 7. The van der Waals surface area contributed by atoms with Crippen LogP contribution in [-0.4, -0.2) is 82.9 Å². The number of ether oxygens (including phenoxy) is 3. The van der Waals surface area contributed by atoms with Crippen molar-refractivity contribution in [1.29, 1.82) is 0 Å². The summed E-state index contributed by atoms with van der Waals surface area (Å²) >= 11 is 0. The number of carbonyl (C=O) groups is 1.